The van der Waals surface area contributed by atoms with Crippen LogP contribution in [0.25, 0.3) is 76.2 Å². The van der Waals surface area contributed by atoms with Gasteiger partial charge in [-0.1, -0.05) is 127 Å². The van der Waals surface area contributed by atoms with E-state index in [2.05, 4.69) is 169 Å². The summed E-state index contributed by atoms with van der Waals surface area (Å²) in [4.78, 5) is 2.39. The van der Waals surface area contributed by atoms with Crippen molar-refractivity contribution in [3.05, 3.63) is 176 Å². The summed E-state index contributed by atoms with van der Waals surface area (Å²) in [5, 5.41) is 12.2. The summed E-state index contributed by atoms with van der Waals surface area (Å²) in [6, 6.07) is 63.4. The Labute approximate surface area is 277 Å². The molecule has 0 atom stereocenters. The molecular weight excluding hydrogens is 583 g/mol. The number of fused-ring (bicyclic) bond motifs is 10. The molecule has 0 bridgehead atoms. The first kappa shape index (κ1) is 26.8. The lowest BCUT2D eigenvalue weighted by Crippen LogP contribution is -2.10. The Hall–Kier alpha value is -6.38. The molecule has 0 aliphatic carbocycles. The first-order valence-electron chi connectivity index (χ1n) is 16.4. The molecule has 0 spiro atoms. The lowest BCUT2D eigenvalue weighted by molar-refractivity contribution is 0.669. The molecule has 0 amide bonds. The molecule has 0 saturated heterocycles. The second-order valence-corrected chi connectivity index (χ2v) is 12.5. The molecule has 0 aliphatic heterocycles. The fraction of sp³-hybridized carbons (Fsp3) is 0. The van der Waals surface area contributed by atoms with Crippen molar-refractivity contribution in [2.45, 2.75) is 0 Å². The molecular formula is C46H29NO. The van der Waals surface area contributed by atoms with Crippen LogP contribution in [-0.2, 0) is 0 Å². The highest BCUT2D eigenvalue weighted by atomic mass is 16.3. The predicted octanol–water partition coefficient (Wildman–Crippen LogP) is 13.3. The van der Waals surface area contributed by atoms with Gasteiger partial charge in [0.05, 0.1) is 0 Å². The van der Waals surface area contributed by atoms with E-state index in [4.69, 9.17) is 4.42 Å². The van der Waals surface area contributed by atoms with E-state index in [0.717, 1.165) is 39.0 Å². The largest absolute Gasteiger partial charge is 0.456 e. The molecule has 0 fully saturated rings. The van der Waals surface area contributed by atoms with Crippen LogP contribution in [0.3, 0.4) is 0 Å². The van der Waals surface area contributed by atoms with Gasteiger partial charge < -0.3 is 9.32 Å². The average Bonchev–Trinajstić information content (AvgIpc) is 3.54. The van der Waals surface area contributed by atoms with Gasteiger partial charge in [-0.05, 0) is 103 Å². The van der Waals surface area contributed by atoms with E-state index >= 15 is 0 Å². The van der Waals surface area contributed by atoms with Crippen LogP contribution in [0, 0.1) is 0 Å². The van der Waals surface area contributed by atoms with Crippen molar-refractivity contribution in [2.75, 3.05) is 4.90 Å². The topological polar surface area (TPSA) is 16.4 Å². The number of benzene rings is 9. The van der Waals surface area contributed by atoms with E-state index < -0.39 is 0 Å². The smallest absolute Gasteiger partial charge is 0.136 e. The van der Waals surface area contributed by atoms with Crippen molar-refractivity contribution in [3.8, 4) is 11.1 Å². The monoisotopic (exact) mass is 611 g/mol. The third kappa shape index (κ3) is 4.20. The first-order chi connectivity index (χ1) is 23.8. The van der Waals surface area contributed by atoms with Crippen LogP contribution in [0.5, 0.6) is 0 Å². The van der Waals surface area contributed by atoms with E-state index in [1.54, 1.807) is 0 Å². The molecule has 0 unspecified atom stereocenters. The molecule has 10 rings (SSSR count). The van der Waals surface area contributed by atoms with Crippen molar-refractivity contribution < 1.29 is 4.42 Å². The van der Waals surface area contributed by atoms with Crippen molar-refractivity contribution in [2.24, 2.45) is 0 Å². The maximum atomic E-state index is 6.30. The second kappa shape index (κ2) is 10.6. The van der Waals surface area contributed by atoms with Crippen LogP contribution in [0.1, 0.15) is 0 Å². The number of para-hydroxylation sites is 1. The highest BCUT2D eigenvalue weighted by Crippen LogP contribution is 2.42. The summed E-state index contributed by atoms with van der Waals surface area (Å²) in [6.45, 7) is 0. The molecule has 0 saturated carbocycles. The number of hydrogen-bond acceptors (Lipinski definition) is 2. The van der Waals surface area contributed by atoms with E-state index in [0.29, 0.717) is 0 Å². The van der Waals surface area contributed by atoms with Gasteiger partial charge in [0.1, 0.15) is 11.2 Å². The molecule has 9 aromatic carbocycles. The van der Waals surface area contributed by atoms with Gasteiger partial charge in [0.25, 0.3) is 0 Å². The summed E-state index contributed by atoms with van der Waals surface area (Å²) < 4.78 is 6.30. The van der Waals surface area contributed by atoms with Crippen LogP contribution in [0.4, 0.5) is 17.1 Å². The zero-order valence-corrected chi connectivity index (χ0v) is 26.1. The van der Waals surface area contributed by atoms with Crippen molar-refractivity contribution in [1.82, 2.24) is 0 Å². The van der Waals surface area contributed by atoms with E-state index in [9.17, 15) is 0 Å². The van der Waals surface area contributed by atoms with Crippen molar-refractivity contribution >= 4 is 82.1 Å². The highest BCUT2D eigenvalue weighted by Gasteiger charge is 2.18. The molecule has 0 radical (unpaired) electrons. The standard InChI is InChI=1S/C46H29NO/c1-2-9-30(10-3-1)34-12-8-13-36(27-34)47(38-23-21-32-22-26-44-46(42(32)29-38)41-15-6-7-16-43(41)48-44)37-24-25-40-35(28-37)20-19-33-18-17-31-11-4-5-14-39(31)45(33)40/h1-29H. The maximum absolute atomic E-state index is 6.30. The van der Waals surface area contributed by atoms with E-state index in [1.165, 1.54) is 54.2 Å². The molecule has 1 aromatic heterocycles. The molecule has 2 heteroatoms. The van der Waals surface area contributed by atoms with Gasteiger partial charge >= 0.3 is 0 Å². The van der Waals surface area contributed by atoms with Crippen LogP contribution in [-0.4, -0.2) is 0 Å². The van der Waals surface area contributed by atoms with E-state index in [-0.39, 0.29) is 0 Å². The summed E-state index contributed by atoms with van der Waals surface area (Å²) in [6.07, 6.45) is 0. The van der Waals surface area contributed by atoms with E-state index in [1.807, 2.05) is 12.1 Å². The normalized spacial score (nSPS) is 11.8. The number of rotatable bonds is 4. The number of nitrogens with zero attached hydrogens (tertiary/aromatic N) is 1. The Bertz CT molecular complexity index is 2850. The van der Waals surface area contributed by atoms with Gasteiger partial charge in [0, 0.05) is 27.8 Å². The van der Waals surface area contributed by atoms with Gasteiger partial charge in [0.2, 0.25) is 0 Å². The molecule has 48 heavy (non-hydrogen) atoms. The fourth-order valence-electron chi connectivity index (χ4n) is 7.53. The molecule has 224 valence electrons. The average molecular weight is 612 g/mol. The maximum Gasteiger partial charge on any atom is 0.136 e. The quantitative estimate of drug-likeness (QED) is 0.184. The number of furan rings is 1. The SMILES string of the molecule is c1ccc(-c2cccc(N(c3ccc4c(ccc5ccc6ccccc6c54)c3)c3ccc4ccc5oc6ccccc6c5c4c3)c2)cc1. The minimum absolute atomic E-state index is 0.906. The van der Waals surface area contributed by atoms with Gasteiger partial charge in [-0.25, -0.2) is 0 Å². The predicted molar refractivity (Wildman–Crippen MR) is 204 cm³/mol. The summed E-state index contributed by atoms with van der Waals surface area (Å²) in [5.74, 6) is 0. The Morgan fingerprint density at radius 3 is 1.85 bits per heavy atom. The second-order valence-electron chi connectivity index (χ2n) is 12.5. The number of hydrogen-bond donors (Lipinski definition) is 0. The lowest BCUT2D eigenvalue weighted by Gasteiger charge is -2.27. The minimum atomic E-state index is 0.906. The van der Waals surface area contributed by atoms with Gasteiger partial charge in [0.15, 0.2) is 0 Å². The molecule has 0 N–H and O–H groups in total. The summed E-state index contributed by atoms with van der Waals surface area (Å²) in [5.41, 5.74) is 7.49. The fourth-order valence-corrected chi connectivity index (χ4v) is 7.53. The lowest BCUT2D eigenvalue weighted by atomic mass is 9.96. The van der Waals surface area contributed by atoms with Gasteiger partial charge in [-0.3, -0.25) is 0 Å². The summed E-state index contributed by atoms with van der Waals surface area (Å²) >= 11 is 0. The Balaban J connectivity index is 1.23. The van der Waals surface area contributed by atoms with Gasteiger partial charge in [-0.15, -0.1) is 0 Å². The molecule has 10 aromatic rings. The third-order valence-corrected chi connectivity index (χ3v) is 9.78. The number of anilines is 3. The zero-order chi connectivity index (χ0) is 31.6. The summed E-state index contributed by atoms with van der Waals surface area (Å²) in [7, 11) is 0. The van der Waals surface area contributed by atoms with Crippen LogP contribution in [0.2, 0.25) is 0 Å². The highest BCUT2D eigenvalue weighted by molar-refractivity contribution is 6.21. The molecule has 1 heterocycles. The van der Waals surface area contributed by atoms with Crippen LogP contribution >= 0.6 is 0 Å². The van der Waals surface area contributed by atoms with Crippen molar-refractivity contribution in [1.29, 1.82) is 0 Å². The Morgan fingerprint density at radius 1 is 0.312 bits per heavy atom. The Kier molecular flexibility index (Phi) is 5.91. The van der Waals surface area contributed by atoms with Crippen molar-refractivity contribution in [3.63, 3.8) is 0 Å². The Morgan fingerprint density at radius 2 is 0.938 bits per heavy atom. The van der Waals surface area contributed by atoms with Crippen LogP contribution < -0.4 is 4.90 Å². The molecule has 2 nitrogen and oxygen atoms in total. The zero-order valence-electron chi connectivity index (χ0n) is 26.1. The van der Waals surface area contributed by atoms with Crippen LogP contribution in [0.15, 0.2) is 180 Å². The van der Waals surface area contributed by atoms with Gasteiger partial charge in [-0.2, -0.15) is 0 Å². The first-order valence-corrected chi connectivity index (χ1v) is 16.4. The molecule has 0 aliphatic rings. The third-order valence-electron chi connectivity index (χ3n) is 9.78. The minimum Gasteiger partial charge on any atom is -0.456 e.